The van der Waals surface area contributed by atoms with E-state index in [4.69, 9.17) is 0 Å². The predicted molar refractivity (Wildman–Crippen MR) is 142 cm³/mol. The van der Waals surface area contributed by atoms with Gasteiger partial charge in [-0.1, -0.05) is 35.4 Å². The largest absolute Gasteiger partial charge is 0.379 e. The molecule has 2 N–H and O–H groups in total. The zero-order valence-electron chi connectivity index (χ0n) is 20.3. The van der Waals surface area contributed by atoms with Crippen LogP contribution in [0.1, 0.15) is 45.1 Å². The Balaban J connectivity index is 1.19. The van der Waals surface area contributed by atoms with E-state index >= 15 is 0 Å². The molecular weight excluding hydrogens is 432 g/mol. The lowest BCUT2D eigenvalue weighted by Gasteiger charge is -2.10. The van der Waals surface area contributed by atoms with Crippen molar-refractivity contribution in [1.29, 1.82) is 0 Å². The minimum Gasteiger partial charge on any atom is -0.379 e. The van der Waals surface area contributed by atoms with E-state index in [1.54, 1.807) is 0 Å². The Morgan fingerprint density at radius 1 is 0.657 bits per heavy atom. The number of carbonyl (C=O) groups is 1. The van der Waals surface area contributed by atoms with Gasteiger partial charge < -0.3 is 19.8 Å². The number of aryl methyl sites for hydroxylation is 2. The van der Waals surface area contributed by atoms with E-state index in [0.29, 0.717) is 13.1 Å². The topological polar surface area (TPSA) is 51.0 Å². The number of carbonyl (C=O) groups excluding carboxylic acids is 1. The molecule has 35 heavy (non-hydrogen) atoms. The Hall–Kier alpha value is -3.99. The van der Waals surface area contributed by atoms with Crippen LogP contribution >= 0.6 is 0 Å². The normalized spacial score (nSPS) is 16.5. The van der Waals surface area contributed by atoms with Gasteiger partial charge in [-0.15, -0.1) is 0 Å². The Morgan fingerprint density at radius 2 is 1.20 bits per heavy atom. The number of allylic oxidation sites excluding steroid dienone is 2. The molecule has 0 saturated heterocycles. The molecule has 0 atom stereocenters. The summed E-state index contributed by atoms with van der Waals surface area (Å²) in [5.41, 5.74) is 11.3. The Morgan fingerprint density at radius 3 is 1.80 bits per heavy atom. The lowest BCUT2D eigenvalue weighted by Crippen LogP contribution is -2.06. The molecule has 2 aromatic carbocycles. The van der Waals surface area contributed by atoms with Gasteiger partial charge in [-0.25, -0.2) is 0 Å². The first-order valence-electron chi connectivity index (χ1n) is 12.3. The van der Waals surface area contributed by atoms with Crippen molar-refractivity contribution < 1.29 is 4.79 Å². The maximum Gasteiger partial charge on any atom is 0.207 e. The van der Waals surface area contributed by atoms with Crippen LogP contribution in [0.4, 0.5) is 11.4 Å². The lowest BCUT2D eigenvalue weighted by molar-refractivity contribution is 0.103. The Labute approximate surface area is 206 Å². The van der Waals surface area contributed by atoms with Crippen molar-refractivity contribution in [2.75, 3.05) is 10.6 Å². The van der Waals surface area contributed by atoms with E-state index in [0.717, 1.165) is 47.8 Å². The highest BCUT2D eigenvalue weighted by molar-refractivity contribution is 6.14. The summed E-state index contributed by atoms with van der Waals surface area (Å²) in [7, 11) is 0. The molecule has 0 fully saturated rings. The second-order valence-corrected chi connectivity index (χ2v) is 9.63. The molecule has 0 aliphatic carbocycles. The van der Waals surface area contributed by atoms with Crippen LogP contribution in [0, 0.1) is 13.8 Å². The van der Waals surface area contributed by atoms with Crippen LogP contribution in [0.5, 0.6) is 0 Å². The number of ketones is 1. The summed E-state index contributed by atoms with van der Waals surface area (Å²) in [6.07, 6.45) is 0.913. The van der Waals surface area contributed by atoms with Gasteiger partial charge in [0.2, 0.25) is 5.78 Å². The van der Waals surface area contributed by atoms with E-state index < -0.39 is 0 Å². The van der Waals surface area contributed by atoms with Gasteiger partial charge in [0, 0.05) is 40.6 Å². The van der Waals surface area contributed by atoms with Crippen LogP contribution in [0.2, 0.25) is 0 Å². The third-order valence-electron chi connectivity index (χ3n) is 7.27. The number of anilines is 2. The van der Waals surface area contributed by atoms with Gasteiger partial charge in [-0.2, -0.15) is 0 Å². The molecule has 2 aromatic heterocycles. The van der Waals surface area contributed by atoms with Gasteiger partial charge in [-0.05, 0) is 74.4 Å². The van der Waals surface area contributed by atoms with Crippen molar-refractivity contribution >= 4 is 22.7 Å². The number of aromatic nitrogens is 2. The molecule has 5 nitrogen and oxygen atoms in total. The van der Waals surface area contributed by atoms with Crippen LogP contribution in [0.15, 0.2) is 78.4 Å². The van der Waals surface area contributed by atoms with Gasteiger partial charge in [0.1, 0.15) is 0 Å². The molecule has 6 rings (SSSR count). The van der Waals surface area contributed by atoms with Gasteiger partial charge >= 0.3 is 0 Å². The minimum atomic E-state index is 0.176. The van der Waals surface area contributed by atoms with E-state index in [9.17, 15) is 4.79 Å². The highest BCUT2D eigenvalue weighted by Crippen LogP contribution is 2.37. The van der Waals surface area contributed by atoms with E-state index in [1.807, 2.05) is 6.07 Å². The summed E-state index contributed by atoms with van der Waals surface area (Å²) >= 11 is 0. The molecule has 0 unspecified atom stereocenters. The third-order valence-corrected chi connectivity index (χ3v) is 7.27. The number of Topliss-reactive ketones (excluding diaryl/α,β-unsaturated/α-hetero) is 1. The van der Waals surface area contributed by atoms with Crippen molar-refractivity contribution in [3.05, 3.63) is 112 Å². The van der Waals surface area contributed by atoms with E-state index in [-0.39, 0.29) is 5.78 Å². The van der Waals surface area contributed by atoms with Crippen molar-refractivity contribution in [3.8, 4) is 0 Å². The summed E-state index contributed by atoms with van der Waals surface area (Å²) in [6.45, 7) is 7.24. The van der Waals surface area contributed by atoms with Crippen molar-refractivity contribution in [3.63, 3.8) is 0 Å². The predicted octanol–water partition coefficient (Wildman–Crippen LogP) is 6.18. The summed E-state index contributed by atoms with van der Waals surface area (Å²) < 4.78 is 4.54. The molecule has 176 valence electrons. The quantitative estimate of drug-likeness (QED) is 0.336. The first-order valence-corrected chi connectivity index (χ1v) is 12.3. The average Bonchev–Trinajstić information content (AvgIpc) is 3.62. The first kappa shape index (κ1) is 21.5. The van der Waals surface area contributed by atoms with Crippen LogP contribution in [0.3, 0.4) is 0 Å². The van der Waals surface area contributed by atoms with Crippen molar-refractivity contribution in [2.24, 2.45) is 0 Å². The standard InChI is InChI=1S/C30H30N4O/c1-20-3-7-22(8-4-20)31-17-24-11-13-28-26(15-16-33(24)28)27-19-34-25(12-14-29(34)30(27)35)18-32-23-9-5-21(2)6-10-23/h3-14,31-32H,15-19H2,1-2H3/b27-26+. The fourth-order valence-corrected chi connectivity index (χ4v) is 5.24. The number of benzene rings is 2. The number of nitrogens with one attached hydrogen (secondary N) is 2. The highest BCUT2D eigenvalue weighted by atomic mass is 16.1. The minimum absolute atomic E-state index is 0.176. The SMILES string of the molecule is Cc1ccc(NCc2ccc3n2C/C(=C2/CCn4c(CNc5ccc(C)cc5)ccc42)C3=O)cc1. The number of nitrogens with zero attached hydrogens (tertiary/aromatic N) is 2. The molecule has 2 aliphatic heterocycles. The van der Waals surface area contributed by atoms with Crippen molar-refractivity contribution in [2.45, 2.75) is 46.4 Å². The molecule has 2 aliphatic rings. The third kappa shape index (κ3) is 3.97. The van der Waals surface area contributed by atoms with Crippen LogP contribution in [0.25, 0.3) is 5.57 Å². The molecule has 4 aromatic rings. The smallest absolute Gasteiger partial charge is 0.207 e. The molecule has 0 spiro atoms. The van der Waals surface area contributed by atoms with Gasteiger partial charge in [0.15, 0.2) is 0 Å². The second kappa shape index (κ2) is 8.66. The monoisotopic (exact) mass is 462 g/mol. The van der Waals surface area contributed by atoms with Crippen molar-refractivity contribution in [1.82, 2.24) is 9.13 Å². The Kier molecular flexibility index (Phi) is 5.33. The summed E-state index contributed by atoms with van der Waals surface area (Å²) in [5, 5.41) is 7.02. The fraction of sp³-hybridized carbons (Fsp3) is 0.233. The summed E-state index contributed by atoms with van der Waals surface area (Å²) in [6, 6.07) is 25.3. The van der Waals surface area contributed by atoms with Crippen LogP contribution < -0.4 is 10.6 Å². The zero-order valence-corrected chi connectivity index (χ0v) is 20.3. The second-order valence-electron chi connectivity index (χ2n) is 9.63. The maximum atomic E-state index is 13.3. The van der Waals surface area contributed by atoms with Gasteiger partial charge in [-0.3, -0.25) is 4.79 Å². The lowest BCUT2D eigenvalue weighted by atomic mass is 10.0. The molecule has 4 heterocycles. The van der Waals surface area contributed by atoms with Gasteiger partial charge in [0.05, 0.1) is 25.3 Å². The van der Waals surface area contributed by atoms with E-state index in [1.165, 1.54) is 28.1 Å². The van der Waals surface area contributed by atoms with Gasteiger partial charge in [0.25, 0.3) is 0 Å². The number of fused-ring (bicyclic) bond motifs is 2. The van der Waals surface area contributed by atoms with E-state index in [2.05, 4.69) is 100 Å². The van der Waals surface area contributed by atoms with Crippen LogP contribution in [-0.2, 0) is 26.2 Å². The highest BCUT2D eigenvalue weighted by Gasteiger charge is 2.32. The number of hydrogen-bond acceptors (Lipinski definition) is 3. The molecule has 5 heteroatoms. The molecule has 0 bridgehead atoms. The summed E-state index contributed by atoms with van der Waals surface area (Å²) in [4.78, 5) is 13.3. The molecule has 0 radical (unpaired) electrons. The number of rotatable bonds is 6. The molecule has 0 amide bonds. The summed E-state index contributed by atoms with van der Waals surface area (Å²) in [5.74, 6) is 0.176. The Bertz CT molecular complexity index is 1430. The molecular formula is C30H30N4O. The molecule has 0 saturated carbocycles. The average molecular weight is 463 g/mol. The van der Waals surface area contributed by atoms with Crippen LogP contribution in [-0.4, -0.2) is 14.9 Å². The number of hydrogen-bond donors (Lipinski definition) is 2. The zero-order chi connectivity index (χ0) is 23.9. The fourth-order valence-electron chi connectivity index (χ4n) is 5.24. The maximum absolute atomic E-state index is 13.3. The first-order chi connectivity index (χ1) is 17.1.